The molecular formula is C14H19BN2O2. The maximum Gasteiger partial charge on any atom is 0.496 e. The average molecular weight is 258 g/mol. The molecule has 0 saturated carbocycles. The van der Waals surface area contributed by atoms with Crippen LogP contribution in [0.1, 0.15) is 34.1 Å². The zero-order valence-corrected chi connectivity index (χ0v) is 11.9. The Morgan fingerprint density at radius 1 is 1.32 bits per heavy atom. The Bertz CT molecular complexity index is 610. The van der Waals surface area contributed by atoms with Gasteiger partial charge >= 0.3 is 7.12 Å². The van der Waals surface area contributed by atoms with Crippen LogP contribution in [0, 0.1) is 0 Å². The number of nitrogens with zero attached hydrogens (tertiary/aromatic N) is 1. The van der Waals surface area contributed by atoms with Crippen LogP contribution in [-0.4, -0.2) is 28.3 Å². The number of nitrogens with one attached hydrogen (secondary N) is 1. The third kappa shape index (κ3) is 1.88. The summed E-state index contributed by atoms with van der Waals surface area (Å²) in [4.78, 5) is 7.48. The van der Waals surface area contributed by atoms with Crippen LogP contribution in [0.25, 0.3) is 11.0 Å². The largest absolute Gasteiger partial charge is 0.496 e. The van der Waals surface area contributed by atoms with Gasteiger partial charge in [0.1, 0.15) is 5.65 Å². The van der Waals surface area contributed by atoms with Gasteiger partial charge in [-0.2, -0.15) is 0 Å². The molecular weight excluding hydrogens is 239 g/mol. The number of hydrogen-bond acceptors (Lipinski definition) is 3. The average Bonchev–Trinajstić information content (AvgIpc) is 2.92. The van der Waals surface area contributed by atoms with Crippen molar-refractivity contribution < 1.29 is 9.31 Å². The summed E-state index contributed by atoms with van der Waals surface area (Å²) in [6, 6.07) is 4.08. The van der Waals surface area contributed by atoms with Crippen molar-refractivity contribution in [3.63, 3.8) is 0 Å². The molecule has 0 aliphatic carbocycles. The fraction of sp³-hybridized carbons (Fsp3) is 0.500. The summed E-state index contributed by atoms with van der Waals surface area (Å²) in [7, 11) is -0.341. The second-order valence-electron chi connectivity index (χ2n) is 5.85. The molecule has 5 heteroatoms. The number of fused-ring (bicyclic) bond motifs is 1. The van der Waals surface area contributed by atoms with Crippen LogP contribution in [0.3, 0.4) is 0 Å². The zero-order chi connectivity index (χ0) is 13.7. The summed E-state index contributed by atoms with van der Waals surface area (Å²) in [5, 5.41) is 1.08. The van der Waals surface area contributed by atoms with E-state index in [0.717, 1.165) is 22.9 Å². The molecule has 1 saturated heterocycles. The number of H-pyrrole nitrogens is 1. The molecule has 0 spiro atoms. The highest BCUT2D eigenvalue weighted by molar-refractivity contribution is 6.62. The van der Waals surface area contributed by atoms with Gasteiger partial charge in [-0.25, -0.2) is 4.98 Å². The van der Waals surface area contributed by atoms with E-state index in [1.807, 2.05) is 18.5 Å². The molecule has 0 unspecified atom stereocenters. The first-order valence-electron chi connectivity index (χ1n) is 6.74. The fourth-order valence-electron chi connectivity index (χ4n) is 2.53. The number of rotatable bonds is 2. The van der Waals surface area contributed by atoms with Crippen LogP contribution < -0.4 is 5.46 Å². The summed E-state index contributed by atoms with van der Waals surface area (Å²) in [6.07, 6.45) is 4.62. The second-order valence-corrected chi connectivity index (χ2v) is 5.85. The first-order valence-corrected chi connectivity index (χ1v) is 6.74. The molecule has 0 amide bonds. The normalized spacial score (nSPS) is 26.2. The highest BCUT2D eigenvalue weighted by Gasteiger charge is 2.53. The van der Waals surface area contributed by atoms with E-state index in [2.05, 4.69) is 43.7 Å². The number of aromatic amines is 1. The van der Waals surface area contributed by atoms with E-state index in [1.165, 1.54) is 0 Å². The van der Waals surface area contributed by atoms with Gasteiger partial charge in [0.2, 0.25) is 0 Å². The minimum Gasteiger partial charge on any atom is -0.399 e. The molecule has 1 N–H and O–H groups in total. The van der Waals surface area contributed by atoms with E-state index in [-0.39, 0.29) is 18.3 Å². The molecule has 100 valence electrons. The van der Waals surface area contributed by atoms with E-state index >= 15 is 0 Å². The number of aromatic nitrogens is 2. The molecule has 1 aliphatic heterocycles. The maximum absolute atomic E-state index is 6.15. The highest BCUT2D eigenvalue weighted by atomic mass is 16.7. The molecule has 0 aromatic carbocycles. The molecule has 1 aliphatic rings. The molecule has 2 aromatic rings. The van der Waals surface area contributed by atoms with E-state index in [1.54, 1.807) is 0 Å². The van der Waals surface area contributed by atoms with Gasteiger partial charge in [-0.1, -0.05) is 6.92 Å². The summed E-state index contributed by atoms with van der Waals surface area (Å²) >= 11 is 0. The lowest BCUT2D eigenvalue weighted by atomic mass is 9.80. The third-order valence-corrected chi connectivity index (χ3v) is 4.41. The van der Waals surface area contributed by atoms with E-state index in [4.69, 9.17) is 9.31 Å². The van der Waals surface area contributed by atoms with Gasteiger partial charge in [-0.05, 0) is 39.3 Å². The quantitative estimate of drug-likeness (QED) is 0.840. The van der Waals surface area contributed by atoms with Crippen LogP contribution in [0.15, 0.2) is 24.5 Å². The Labute approximate surface area is 113 Å². The first-order chi connectivity index (χ1) is 8.95. The lowest BCUT2D eigenvalue weighted by molar-refractivity contribution is -0.0118. The van der Waals surface area contributed by atoms with Gasteiger partial charge in [-0.3, -0.25) is 0 Å². The smallest absolute Gasteiger partial charge is 0.399 e. The summed E-state index contributed by atoms with van der Waals surface area (Å²) < 4.78 is 12.2. The molecule has 19 heavy (non-hydrogen) atoms. The maximum atomic E-state index is 6.15. The van der Waals surface area contributed by atoms with Gasteiger partial charge in [-0.15, -0.1) is 0 Å². The molecule has 4 nitrogen and oxygen atoms in total. The van der Waals surface area contributed by atoms with Gasteiger partial charge in [0.25, 0.3) is 0 Å². The molecule has 3 heterocycles. The molecule has 1 fully saturated rings. The molecule has 0 bridgehead atoms. The third-order valence-electron chi connectivity index (χ3n) is 4.41. The lowest BCUT2D eigenvalue weighted by Crippen LogP contribution is -2.44. The summed E-state index contributed by atoms with van der Waals surface area (Å²) in [5.41, 5.74) is 1.28. The topological polar surface area (TPSA) is 47.1 Å². The van der Waals surface area contributed by atoms with Crippen LogP contribution in [-0.2, 0) is 9.31 Å². The van der Waals surface area contributed by atoms with Crippen molar-refractivity contribution >= 4 is 23.6 Å². The lowest BCUT2D eigenvalue weighted by Gasteiger charge is -2.35. The number of pyridine rings is 1. The zero-order valence-electron chi connectivity index (χ0n) is 11.9. The van der Waals surface area contributed by atoms with Crippen LogP contribution >= 0.6 is 0 Å². The predicted molar refractivity (Wildman–Crippen MR) is 76.4 cm³/mol. The SMILES string of the molecule is CC[C@@]1(C)OB(c2cnc3[nH]ccc3c2)OC1(C)C. The Hall–Kier alpha value is -1.33. The number of hydrogen-bond donors (Lipinski definition) is 1. The Balaban J connectivity index is 1.95. The minimum atomic E-state index is -0.341. The van der Waals surface area contributed by atoms with E-state index in [0.29, 0.717) is 0 Å². The van der Waals surface area contributed by atoms with Gasteiger partial charge < -0.3 is 14.3 Å². The van der Waals surface area contributed by atoms with Crippen molar-refractivity contribution in [2.24, 2.45) is 0 Å². The molecule has 2 aromatic heterocycles. The fourth-order valence-corrected chi connectivity index (χ4v) is 2.53. The Morgan fingerprint density at radius 3 is 2.79 bits per heavy atom. The first kappa shape index (κ1) is 12.7. The van der Waals surface area contributed by atoms with E-state index in [9.17, 15) is 0 Å². The molecule has 1 atom stereocenters. The Morgan fingerprint density at radius 2 is 2.11 bits per heavy atom. The Kier molecular flexibility index (Phi) is 2.73. The van der Waals surface area contributed by atoms with Crippen molar-refractivity contribution in [3.8, 4) is 0 Å². The van der Waals surface area contributed by atoms with Crippen molar-refractivity contribution in [3.05, 3.63) is 24.5 Å². The monoisotopic (exact) mass is 258 g/mol. The summed E-state index contributed by atoms with van der Waals surface area (Å²) in [6.45, 7) is 8.40. The van der Waals surface area contributed by atoms with Crippen LogP contribution in [0.5, 0.6) is 0 Å². The van der Waals surface area contributed by atoms with Crippen LogP contribution in [0.4, 0.5) is 0 Å². The standard InChI is InChI=1S/C14H19BN2O2/c1-5-14(4)13(2,3)18-15(19-14)11-8-10-6-7-16-12(10)17-9-11/h6-9H,5H2,1-4H3,(H,16,17)/t14-/m1/s1. The van der Waals surface area contributed by atoms with Crippen molar-refractivity contribution in [2.75, 3.05) is 0 Å². The van der Waals surface area contributed by atoms with Gasteiger partial charge in [0, 0.05) is 23.2 Å². The highest BCUT2D eigenvalue weighted by Crippen LogP contribution is 2.39. The van der Waals surface area contributed by atoms with Crippen LogP contribution in [0.2, 0.25) is 0 Å². The molecule has 0 radical (unpaired) electrons. The van der Waals surface area contributed by atoms with Crippen molar-refractivity contribution in [1.29, 1.82) is 0 Å². The van der Waals surface area contributed by atoms with Crippen molar-refractivity contribution in [2.45, 2.75) is 45.3 Å². The van der Waals surface area contributed by atoms with Gasteiger partial charge in [0.15, 0.2) is 0 Å². The van der Waals surface area contributed by atoms with Crippen molar-refractivity contribution in [1.82, 2.24) is 9.97 Å². The molecule has 3 rings (SSSR count). The second kappa shape index (κ2) is 4.08. The predicted octanol–water partition coefficient (Wildman–Crippen LogP) is 2.25. The van der Waals surface area contributed by atoms with Gasteiger partial charge in [0.05, 0.1) is 11.2 Å². The summed E-state index contributed by atoms with van der Waals surface area (Å²) in [5.74, 6) is 0. The minimum absolute atomic E-state index is 0.273. The van der Waals surface area contributed by atoms with E-state index < -0.39 is 0 Å².